The summed E-state index contributed by atoms with van der Waals surface area (Å²) in [5.41, 5.74) is 1.08. The lowest BCUT2D eigenvalue weighted by molar-refractivity contribution is 0.420. The van der Waals surface area contributed by atoms with Crippen molar-refractivity contribution in [1.29, 1.82) is 0 Å². The first kappa shape index (κ1) is 16.9. The summed E-state index contributed by atoms with van der Waals surface area (Å²) in [6.07, 6.45) is 1.16. The predicted octanol–water partition coefficient (Wildman–Crippen LogP) is 3.24. The maximum absolute atomic E-state index is 4.34. The van der Waals surface area contributed by atoms with Crippen molar-refractivity contribution in [3.8, 4) is 0 Å². The predicted molar refractivity (Wildman–Crippen MR) is 85.9 cm³/mol. The standard InChI is InChI=1S/C16H30N4/c1-12(2)10-13(3)20(7)15-9-8-14(18-19-15)11-17-16(4,5)6/h8-9,12-13,17H,10-11H2,1-7H3. The Morgan fingerprint density at radius 2 is 1.80 bits per heavy atom. The van der Waals surface area contributed by atoms with Crippen LogP contribution >= 0.6 is 0 Å². The minimum atomic E-state index is 0.100. The van der Waals surface area contributed by atoms with E-state index in [2.05, 4.69) is 81.1 Å². The van der Waals surface area contributed by atoms with Gasteiger partial charge in [0, 0.05) is 25.2 Å². The van der Waals surface area contributed by atoms with Crippen LogP contribution in [0.2, 0.25) is 0 Å². The number of nitrogens with zero attached hydrogens (tertiary/aromatic N) is 3. The smallest absolute Gasteiger partial charge is 0.151 e. The Kier molecular flexibility index (Phi) is 5.93. The highest BCUT2D eigenvalue weighted by Gasteiger charge is 2.14. The van der Waals surface area contributed by atoms with E-state index in [9.17, 15) is 0 Å². The summed E-state index contributed by atoms with van der Waals surface area (Å²) in [4.78, 5) is 2.20. The van der Waals surface area contributed by atoms with Gasteiger partial charge in [0.2, 0.25) is 0 Å². The minimum Gasteiger partial charge on any atom is -0.355 e. The number of nitrogens with one attached hydrogen (secondary N) is 1. The van der Waals surface area contributed by atoms with E-state index in [1.807, 2.05) is 0 Å². The fourth-order valence-corrected chi connectivity index (χ4v) is 2.06. The number of hydrogen-bond acceptors (Lipinski definition) is 4. The van der Waals surface area contributed by atoms with E-state index >= 15 is 0 Å². The van der Waals surface area contributed by atoms with Gasteiger partial charge in [-0.2, -0.15) is 5.10 Å². The summed E-state index contributed by atoms with van der Waals surface area (Å²) in [5, 5.41) is 12.1. The molecule has 0 aromatic carbocycles. The Labute approximate surface area is 124 Å². The fraction of sp³-hybridized carbons (Fsp3) is 0.750. The van der Waals surface area contributed by atoms with Crippen LogP contribution in [0.25, 0.3) is 0 Å². The highest BCUT2D eigenvalue weighted by molar-refractivity contribution is 5.37. The van der Waals surface area contributed by atoms with Gasteiger partial charge in [0.25, 0.3) is 0 Å². The second-order valence-corrected chi connectivity index (χ2v) is 7.08. The van der Waals surface area contributed by atoms with Crippen LogP contribution in [0.4, 0.5) is 5.82 Å². The van der Waals surface area contributed by atoms with Gasteiger partial charge in [-0.05, 0) is 52.2 Å². The van der Waals surface area contributed by atoms with Crippen molar-refractivity contribution in [2.45, 2.75) is 66.1 Å². The highest BCUT2D eigenvalue weighted by atomic mass is 15.3. The van der Waals surface area contributed by atoms with E-state index < -0.39 is 0 Å². The summed E-state index contributed by atoms with van der Waals surface area (Å²) in [7, 11) is 2.09. The fourth-order valence-electron chi connectivity index (χ4n) is 2.06. The normalized spacial score (nSPS) is 13.6. The third kappa shape index (κ3) is 5.87. The first-order valence-corrected chi connectivity index (χ1v) is 7.49. The molecule has 1 rings (SSSR count). The molecule has 1 heterocycles. The molecule has 0 saturated heterocycles. The average Bonchev–Trinajstić information content (AvgIpc) is 2.34. The molecule has 1 atom stereocenters. The molecule has 0 saturated carbocycles. The van der Waals surface area contributed by atoms with Crippen molar-refractivity contribution in [3.63, 3.8) is 0 Å². The van der Waals surface area contributed by atoms with Crippen molar-refractivity contribution in [3.05, 3.63) is 17.8 Å². The monoisotopic (exact) mass is 278 g/mol. The highest BCUT2D eigenvalue weighted by Crippen LogP contribution is 2.16. The molecule has 0 radical (unpaired) electrons. The number of hydrogen-bond donors (Lipinski definition) is 1. The molecule has 0 aliphatic carbocycles. The Balaban J connectivity index is 2.61. The molecule has 0 aliphatic heterocycles. The van der Waals surface area contributed by atoms with E-state index in [1.54, 1.807) is 0 Å². The summed E-state index contributed by atoms with van der Waals surface area (Å²) in [6.45, 7) is 13.9. The van der Waals surface area contributed by atoms with Crippen molar-refractivity contribution >= 4 is 5.82 Å². The maximum Gasteiger partial charge on any atom is 0.151 e. The maximum atomic E-state index is 4.34. The van der Waals surface area contributed by atoms with Gasteiger partial charge in [0.15, 0.2) is 5.82 Å². The lowest BCUT2D eigenvalue weighted by atomic mass is 10.0. The second-order valence-electron chi connectivity index (χ2n) is 7.08. The number of rotatable bonds is 6. The summed E-state index contributed by atoms with van der Waals surface area (Å²) >= 11 is 0. The SMILES string of the molecule is CC(C)CC(C)N(C)c1ccc(CNC(C)(C)C)nn1. The molecule has 1 aromatic rings. The quantitative estimate of drug-likeness (QED) is 0.867. The molecule has 0 aliphatic rings. The first-order chi connectivity index (χ1) is 9.19. The van der Waals surface area contributed by atoms with Crippen LogP contribution in [0.15, 0.2) is 12.1 Å². The van der Waals surface area contributed by atoms with Crippen molar-refractivity contribution in [2.75, 3.05) is 11.9 Å². The van der Waals surface area contributed by atoms with Crippen LogP contribution in [-0.2, 0) is 6.54 Å². The Hall–Kier alpha value is -1.16. The van der Waals surface area contributed by atoms with Crippen LogP contribution in [0.5, 0.6) is 0 Å². The molecular weight excluding hydrogens is 248 g/mol. The molecular formula is C16H30N4. The molecule has 4 nitrogen and oxygen atoms in total. The van der Waals surface area contributed by atoms with E-state index in [0.717, 1.165) is 24.5 Å². The van der Waals surface area contributed by atoms with Gasteiger partial charge in [-0.25, -0.2) is 0 Å². The summed E-state index contributed by atoms with van der Waals surface area (Å²) in [5.74, 6) is 1.63. The van der Waals surface area contributed by atoms with E-state index in [-0.39, 0.29) is 5.54 Å². The van der Waals surface area contributed by atoms with E-state index in [4.69, 9.17) is 0 Å². The zero-order valence-corrected chi connectivity index (χ0v) is 14.1. The first-order valence-electron chi connectivity index (χ1n) is 7.49. The third-order valence-electron chi connectivity index (χ3n) is 3.34. The van der Waals surface area contributed by atoms with Gasteiger partial charge in [0.05, 0.1) is 5.69 Å². The van der Waals surface area contributed by atoms with Crippen LogP contribution in [0, 0.1) is 5.92 Å². The lowest BCUT2D eigenvalue weighted by Gasteiger charge is -2.27. The Morgan fingerprint density at radius 1 is 1.15 bits per heavy atom. The summed E-state index contributed by atoms with van der Waals surface area (Å²) in [6, 6.07) is 4.59. The van der Waals surface area contributed by atoms with Gasteiger partial charge in [-0.1, -0.05) is 13.8 Å². The molecule has 114 valence electrons. The molecule has 0 amide bonds. The van der Waals surface area contributed by atoms with Gasteiger partial charge in [0.1, 0.15) is 0 Å². The van der Waals surface area contributed by atoms with Gasteiger partial charge in [-0.3, -0.25) is 0 Å². The summed E-state index contributed by atoms with van der Waals surface area (Å²) < 4.78 is 0. The van der Waals surface area contributed by atoms with Crippen LogP contribution < -0.4 is 10.2 Å². The molecule has 1 N–H and O–H groups in total. The average molecular weight is 278 g/mol. The molecule has 4 heteroatoms. The van der Waals surface area contributed by atoms with E-state index in [0.29, 0.717) is 12.0 Å². The molecule has 20 heavy (non-hydrogen) atoms. The minimum absolute atomic E-state index is 0.100. The third-order valence-corrected chi connectivity index (χ3v) is 3.34. The zero-order valence-electron chi connectivity index (χ0n) is 14.1. The van der Waals surface area contributed by atoms with Gasteiger partial charge >= 0.3 is 0 Å². The van der Waals surface area contributed by atoms with Gasteiger partial charge < -0.3 is 10.2 Å². The molecule has 0 fully saturated rings. The van der Waals surface area contributed by atoms with Gasteiger partial charge in [-0.15, -0.1) is 5.10 Å². The van der Waals surface area contributed by atoms with Crippen molar-refractivity contribution < 1.29 is 0 Å². The van der Waals surface area contributed by atoms with Crippen molar-refractivity contribution in [1.82, 2.24) is 15.5 Å². The molecule has 0 bridgehead atoms. The molecule has 1 unspecified atom stereocenters. The van der Waals surface area contributed by atoms with Crippen LogP contribution in [0.3, 0.4) is 0 Å². The van der Waals surface area contributed by atoms with E-state index in [1.165, 1.54) is 0 Å². The number of anilines is 1. The zero-order chi connectivity index (χ0) is 15.3. The second kappa shape index (κ2) is 7.02. The molecule has 0 spiro atoms. The Morgan fingerprint density at radius 3 is 2.25 bits per heavy atom. The largest absolute Gasteiger partial charge is 0.355 e. The Bertz CT molecular complexity index is 392. The molecule has 1 aromatic heterocycles. The number of aromatic nitrogens is 2. The topological polar surface area (TPSA) is 41.0 Å². The van der Waals surface area contributed by atoms with Crippen LogP contribution in [0.1, 0.15) is 53.7 Å². The van der Waals surface area contributed by atoms with Crippen LogP contribution in [-0.4, -0.2) is 28.8 Å². The van der Waals surface area contributed by atoms with Crippen molar-refractivity contribution in [2.24, 2.45) is 5.92 Å². The lowest BCUT2D eigenvalue weighted by Crippen LogP contribution is -2.35.